The van der Waals surface area contributed by atoms with E-state index in [2.05, 4.69) is 6.58 Å². The van der Waals surface area contributed by atoms with E-state index in [-0.39, 0.29) is 25.4 Å². The standard InChI is InChI=1S/C24H33NO5S/c1-6-7-23(26)24(18(2)3)31(27,28)25(16-19-8-12-21(29-4)13-9-19)17-20-10-14-22(30-5)15-11-20/h6,8-15,18,23-24,26H,1,7,16-17H2,2-5H3/t23-,24+/m1/s1. The van der Waals surface area contributed by atoms with E-state index in [9.17, 15) is 13.5 Å². The molecule has 0 fully saturated rings. The van der Waals surface area contributed by atoms with E-state index < -0.39 is 21.4 Å². The van der Waals surface area contributed by atoms with Crippen molar-refractivity contribution in [2.45, 2.75) is 44.7 Å². The van der Waals surface area contributed by atoms with Crippen molar-refractivity contribution in [2.75, 3.05) is 14.2 Å². The molecule has 31 heavy (non-hydrogen) atoms. The van der Waals surface area contributed by atoms with Crippen LogP contribution in [0.15, 0.2) is 61.2 Å². The van der Waals surface area contributed by atoms with Gasteiger partial charge in [-0.3, -0.25) is 0 Å². The third-order valence-electron chi connectivity index (χ3n) is 5.18. The van der Waals surface area contributed by atoms with E-state index in [1.807, 2.05) is 38.1 Å². The van der Waals surface area contributed by atoms with Gasteiger partial charge in [-0.25, -0.2) is 8.42 Å². The van der Waals surface area contributed by atoms with Gasteiger partial charge in [-0.1, -0.05) is 44.2 Å². The number of methoxy groups -OCH3 is 2. The first-order valence-corrected chi connectivity index (χ1v) is 11.8. The van der Waals surface area contributed by atoms with Gasteiger partial charge in [0.15, 0.2) is 0 Å². The van der Waals surface area contributed by atoms with Crippen LogP contribution in [-0.4, -0.2) is 43.4 Å². The fraction of sp³-hybridized carbons (Fsp3) is 0.417. The molecule has 0 saturated carbocycles. The highest BCUT2D eigenvalue weighted by molar-refractivity contribution is 7.89. The number of benzene rings is 2. The first-order chi connectivity index (χ1) is 14.7. The van der Waals surface area contributed by atoms with Crippen LogP contribution < -0.4 is 9.47 Å². The van der Waals surface area contributed by atoms with Crippen molar-refractivity contribution in [1.82, 2.24) is 4.31 Å². The maximum absolute atomic E-state index is 13.7. The van der Waals surface area contributed by atoms with Crippen LogP contribution in [0.5, 0.6) is 11.5 Å². The normalized spacial score (nSPS) is 13.8. The maximum atomic E-state index is 13.7. The number of nitrogens with zero attached hydrogens (tertiary/aromatic N) is 1. The zero-order valence-corrected chi connectivity index (χ0v) is 19.5. The number of aliphatic hydroxyl groups excluding tert-OH is 1. The third-order valence-corrected chi connectivity index (χ3v) is 7.71. The average Bonchev–Trinajstić information content (AvgIpc) is 2.74. The van der Waals surface area contributed by atoms with Crippen molar-refractivity contribution in [1.29, 1.82) is 0 Å². The van der Waals surface area contributed by atoms with Crippen LogP contribution in [0.2, 0.25) is 0 Å². The molecule has 0 amide bonds. The molecule has 0 aliphatic carbocycles. The van der Waals surface area contributed by atoms with E-state index in [4.69, 9.17) is 9.47 Å². The lowest BCUT2D eigenvalue weighted by Crippen LogP contribution is -2.46. The van der Waals surface area contributed by atoms with E-state index >= 15 is 0 Å². The largest absolute Gasteiger partial charge is 0.497 e. The second kappa shape index (κ2) is 11.3. The van der Waals surface area contributed by atoms with Gasteiger partial charge >= 0.3 is 0 Å². The van der Waals surface area contributed by atoms with Crippen molar-refractivity contribution in [2.24, 2.45) is 5.92 Å². The lowest BCUT2D eigenvalue weighted by atomic mass is 10.0. The van der Waals surface area contributed by atoms with Gasteiger partial charge in [-0.2, -0.15) is 4.31 Å². The number of sulfonamides is 1. The van der Waals surface area contributed by atoms with Gasteiger partial charge in [0.05, 0.1) is 20.3 Å². The monoisotopic (exact) mass is 447 g/mol. The molecule has 7 heteroatoms. The molecule has 0 aromatic heterocycles. The van der Waals surface area contributed by atoms with Crippen LogP contribution in [0, 0.1) is 5.92 Å². The predicted molar refractivity (Wildman–Crippen MR) is 124 cm³/mol. The molecule has 0 saturated heterocycles. The van der Waals surface area contributed by atoms with Gasteiger partial charge in [0.1, 0.15) is 16.7 Å². The molecule has 0 radical (unpaired) electrons. The van der Waals surface area contributed by atoms with Crippen molar-refractivity contribution >= 4 is 10.0 Å². The van der Waals surface area contributed by atoms with Gasteiger partial charge in [0.25, 0.3) is 0 Å². The maximum Gasteiger partial charge on any atom is 0.220 e. The van der Waals surface area contributed by atoms with Crippen LogP contribution in [0.4, 0.5) is 0 Å². The zero-order chi connectivity index (χ0) is 23.0. The van der Waals surface area contributed by atoms with Crippen LogP contribution in [-0.2, 0) is 23.1 Å². The molecule has 0 bridgehead atoms. The van der Waals surface area contributed by atoms with Crippen molar-refractivity contribution in [3.63, 3.8) is 0 Å². The summed E-state index contributed by atoms with van der Waals surface area (Å²) in [7, 11) is -0.665. The van der Waals surface area contributed by atoms with Crippen molar-refractivity contribution in [3.05, 3.63) is 72.3 Å². The Kier molecular flexibility index (Phi) is 9.10. The molecule has 0 aliphatic rings. The van der Waals surface area contributed by atoms with E-state index in [0.717, 1.165) is 11.1 Å². The SMILES string of the molecule is C=CC[C@@H](O)[C@H](C(C)C)S(=O)(=O)N(Cc1ccc(OC)cc1)Cc1ccc(OC)cc1. The van der Waals surface area contributed by atoms with Crippen LogP contribution in [0.25, 0.3) is 0 Å². The molecule has 1 N–H and O–H groups in total. The Hall–Kier alpha value is -2.35. The summed E-state index contributed by atoms with van der Waals surface area (Å²) >= 11 is 0. The number of aliphatic hydroxyl groups is 1. The highest BCUT2D eigenvalue weighted by Gasteiger charge is 2.39. The summed E-state index contributed by atoms with van der Waals surface area (Å²) in [5.41, 5.74) is 1.66. The minimum atomic E-state index is -3.84. The number of rotatable bonds is 12. The van der Waals surface area contributed by atoms with Gasteiger partial charge in [-0.05, 0) is 47.7 Å². The smallest absolute Gasteiger partial charge is 0.220 e. The summed E-state index contributed by atoms with van der Waals surface area (Å²) in [6.07, 6.45) is 0.727. The Bertz CT molecular complexity index is 874. The molecule has 0 unspecified atom stereocenters. The molecule has 0 aliphatic heterocycles. The Morgan fingerprint density at radius 2 is 1.35 bits per heavy atom. The first kappa shape index (κ1) is 24.9. The van der Waals surface area contributed by atoms with Gasteiger partial charge in [-0.15, -0.1) is 6.58 Å². The van der Waals surface area contributed by atoms with Crippen LogP contribution in [0.3, 0.4) is 0 Å². The molecule has 6 nitrogen and oxygen atoms in total. The third kappa shape index (κ3) is 6.56. The Morgan fingerprint density at radius 1 is 0.935 bits per heavy atom. The molecule has 170 valence electrons. The second-order valence-electron chi connectivity index (χ2n) is 7.81. The molecule has 2 aromatic carbocycles. The van der Waals surface area contributed by atoms with Crippen molar-refractivity contribution in [3.8, 4) is 11.5 Å². The fourth-order valence-corrected chi connectivity index (χ4v) is 5.77. The number of hydrogen-bond acceptors (Lipinski definition) is 5. The van der Waals surface area contributed by atoms with Crippen molar-refractivity contribution < 1.29 is 23.0 Å². The summed E-state index contributed by atoms with van der Waals surface area (Å²) in [6.45, 7) is 7.64. The average molecular weight is 448 g/mol. The molecule has 2 atom stereocenters. The fourth-order valence-electron chi connectivity index (χ4n) is 3.57. The highest BCUT2D eigenvalue weighted by Crippen LogP contribution is 2.27. The second-order valence-corrected chi connectivity index (χ2v) is 9.90. The minimum absolute atomic E-state index is 0.183. The van der Waals surface area contributed by atoms with Gasteiger partial charge < -0.3 is 14.6 Å². The topological polar surface area (TPSA) is 76.1 Å². The Labute approximate surface area is 186 Å². The molecular formula is C24H33NO5S. The summed E-state index contributed by atoms with van der Waals surface area (Å²) in [4.78, 5) is 0. The first-order valence-electron chi connectivity index (χ1n) is 10.3. The summed E-state index contributed by atoms with van der Waals surface area (Å²) in [5.74, 6) is 1.14. The Balaban J connectivity index is 2.42. The molecule has 2 rings (SSSR count). The minimum Gasteiger partial charge on any atom is -0.497 e. The molecular weight excluding hydrogens is 414 g/mol. The Morgan fingerprint density at radius 3 is 1.68 bits per heavy atom. The number of ether oxygens (including phenoxy) is 2. The molecule has 2 aromatic rings. The van der Waals surface area contributed by atoms with E-state index in [1.165, 1.54) is 4.31 Å². The highest BCUT2D eigenvalue weighted by atomic mass is 32.2. The predicted octanol–water partition coefficient (Wildman–Crippen LogP) is 4.00. The van der Waals surface area contributed by atoms with Gasteiger partial charge in [0, 0.05) is 13.1 Å². The van der Waals surface area contributed by atoms with E-state index in [0.29, 0.717) is 11.5 Å². The molecule has 0 heterocycles. The summed E-state index contributed by atoms with van der Waals surface area (Å²) in [6, 6.07) is 14.6. The lowest BCUT2D eigenvalue weighted by Gasteiger charge is -2.32. The van der Waals surface area contributed by atoms with Gasteiger partial charge in [0.2, 0.25) is 10.0 Å². The van der Waals surface area contributed by atoms with Crippen LogP contribution in [0.1, 0.15) is 31.4 Å². The number of hydrogen-bond donors (Lipinski definition) is 1. The van der Waals surface area contributed by atoms with E-state index in [1.54, 1.807) is 44.6 Å². The van der Waals surface area contributed by atoms with Crippen LogP contribution >= 0.6 is 0 Å². The summed E-state index contributed by atoms with van der Waals surface area (Å²) in [5, 5.41) is 9.68. The lowest BCUT2D eigenvalue weighted by molar-refractivity contribution is 0.151. The summed E-state index contributed by atoms with van der Waals surface area (Å²) < 4.78 is 39.3. The molecule has 0 spiro atoms. The quantitative estimate of drug-likeness (QED) is 0.498. The zero-order valence-electron chi connectivity index (χ0n) is 18.7.